The number of hydrogen-bond donors (Lipinski definition) is 1. The lowest BCUT2D eigenvalue weighted by molar-refractivity contribution is 0.907. The topological polar surface area (TPSA) is 12.0 Å². The summed E-state index contributed by atoms with van der Waals surface area (Å²) in [4.78, 5) is 1.35. The second kappa shape index (κ2) is 4.81. The van der Waals surface area contributed by atoms with Crippen LogP contribution in [0.2, 0.25) is 0 Å². The third kappa shape index (κ3) is 2.61. The minimum atomic E-state index is 0.351. The molecule has 0 unspecified atom stereocenters. The van der Waals surface area contributed by atoms with Crippen LogP contribution in [0.4, 0.5) is 5.69 Å². The van der Waals surface area contributed by atoms with E-state index in [2.05, 4.69) is 51.7 Å². The lowest BCUT2D eigenvalue weighted by Crippen LogP contribution is -2.04. The number of thiophene rings is 1. The van der Waals surface area contributed by atoms with Crippen LogP contribution in [0.25, 0.3) is 0 Å². The molecule has 1 nitrogen and oxygen atoms in total. The Hall–Kier alpha value is -0.800. The van der Waals surface area contributed by atoms with Crippen LogP contribution in [-0.4, -0.2) is 0 Å². The number of nitrogens with one attached hydrogen (secondary N) is 1. The van der Waals surface area contributed by atoms with E-state index in [4.69, 9.17) is 0 Å². The second-order valence-corrected chi connectivity index (χ2v) is 5.19. The molecule has 0 aliphatic carbocycles. The van der Waals surface area contributed by atoms with E-state index in [1.54, 1.807) is 11.3 Å². The number of halogens is 1. The normalized spacial score (nSPS) is 12.4. The second-order valence-electron chi connectivity index (χ2n) is 3.36. The van der Waals surface area contributed by atoms with Crippen molar-refractivity contribution in [2.75, 3.05) is 5.32 Å². The third-order valence-corrected chi connectivity index (χ3v) is 3.96. The molecule has 0 saturated heterocycles. The molecule has 0 saturated carbocycles. The Morgan fingerprint density at radius 3 is 2.67 bits per heavy atom. The predicted octanol–water partition coefficient (Wildman–Crippen LogP) is 4.68. The van der Waals surface area contributed by atoms with Crippen LogP contribution in [0, 0.1) is 0 Å². The van der Waals surface area contributed by atoms with Crippen LogP contribution >= 0.6 is 27.3 Å². The Bertz CT molecular complexity index is 425. The Kier molecular flexibility index (Phi) is 3.44. The van der Waals surface area contributed by atoms with Gasteiger partial charge < -0.3 is 5.32 Å². The van der Waals surface area contributed by atoms with Gasteiger partial charge in [-0.2, -0.15) is 0 Å². The van der Waals surface area contributed by atoms with Gasteiger partial charge in [-0.05, 0) is 46.4 Å². The Morgan fingerprint density at radius 2 is 2.00 bits per heavy atom. The summed E-state index contributed by atoms with van der Waals surface area (Å²) in [6.45, 7) is 2.17. The molecule has 0 spiro atoms. The van der Waals surface area contributed by atoms with Crippen molar-refractivity contribution in [1.29, 1.82) is 0 Å². The van der Waals surface area contributed by atoms with Crippen LogP contribution in [0.3, 0.4) is 0 Å². The number of rotatable bonds is 3. The van der Waals surface area contributed by atoms with Crippen molar-refractivity contribution < 1.29 is 0 Å². The van der Waals surface area contributed by atoms with Gasteiger partial charge in [-0.15, -0.1) is 11.3 Å². The fraction of sp³-hybridized carbons (Fsp3) is 0.167. The third-order valence-electron chi connectivity index (χ3n) is 2.22. The summed E-state index contributed by atoms with van der Waals surface area (Å²) in [7, 11) is 0. The summed E-state index contributed by atoms with van der Waals surface area (Å²) in [6, 6.07) is 12.8. The number of hydrogen-bond acceptors (Lipinski definition) is 2. The molecule has 3 heteroatoms. The molecule has 1 N–H and O–H groups in total. The molecule has 0 radical (unpaired) electrons. The predicted molar refractivity (Wildman–Crippen MR) is 70.5 cm³/mol. The van der Waals surface area contributed by atoms with E-state index in [1.807, 2.05) is 18.2 Å². The lowest BCUT2D eigenvalue weighted by Gasteiger charge is -2.14. The minimum absolute atomic E-state index is 0.351. The molecular formula is C12H12BrNS. The van der Waals surface area contributed by atoms with Crippen molar-refractivity contribution in [3.63, 3.8) is 0 Å². The number of benzene rings is 1. The molecule has 0 bridgehead atoms. The maximum absolute atomic E-state index is 3.53. The van der Waals surface area contributed by atoms with Crippen molar-refractivity contribution >= 4 is 33.0 Å². The van der Waals surface area contributed by atoms with Crippen molar-refractivity contribution in [3.05, 3.63) is 51.1 Å². The number of anilines is 1. The molecule has 0 fully saturated rings. The van der Waals surface area contributed by atoms with Gasteiger partial charge in [0, 0.05) is 15.0 Å². The quantitative estimate of drug-likeness (QED) is 0.861. The van der Waals surface area contributed by atoms with Gasteiger partial charge in [-0.25, -0.2) is 0 Å². The zero-order valence-electron chi connectivity index (χ0n) is 8.41. The lowest BCUT2D eigenvalue weighted by atomic mass is 10.2. The smallest absolute Gasteiger partial charge is 0.0578 e. The molecule has 2 rings (SSSR count). The van der Waals surface area contributed by atoms with Crippen molar-refractivity contribution in [1.82, 2.24) is 0 Å². The molecule has 1 heterocycles. The van der Waals surface area contributed by atoms with Gasteiger partial charge in [0.1, 0.15) is 0 Å². The summed E-state index contributed by atoms with van der Waals surface area (Å²) < 4.78 is 1.11. The first kappa shape index (κ1) is 10.7. The van der Waals surface area contributed by atoms with Gasteiger partial charge in [0.05, 0.1) is 6.04 Å². The first-order chi connectivity index (χ1) is 7.27. The van der Waals surface area contributed by atoms with E-state index in [0.29, 0.717) is 6.04 Å². The van der Waals surface area contributed by atoms with Crippen molar-refractivity contribution in [2.45, 2.75) is 13.0 Å². The van der Waals surface area contributed by atoms with Gasteiger partial charge in [-0.1, -0.05) is 18.2 Å². The van der Waals surface area contributed by atoms with E-state index in [9.17, 15) is 0 Å². The Balaban J connectivity index is 2.13. The van der Waals surface area contributed by atoms with Crippen molar-refractivity contribution in [3.8, 4) is 0 Å². The summed E-state index contributed by atoms with van der Waals surface area (Å²) in [5.74, 6) is 0. The highest BCUT2D eigenvalue weighted by molar-refractivity contribution is 9.10. The largest absolute Gasteiger partial charge is 0.377 e. The summed E-state index contributed by atoms with van der Waals surface area (Å²) in [5.41, 5.74) is 1.14. The molecule has 1 aromatic carbocycles. The van der Waals surface area contributed by atoms with E-state index in [1.165, 1.54) is 4.88 Å². The fourth-order valence-electron chi connectivity index (χ4n) is 1.42. The monoisotopic (exact) mass is 281 g/mol. The zero-order valence-corrected chi connectivity index (χ0v) is 10.8. The van der Waals surface area contributed by atoms with Gasteiger partial charge in [0.15, 0.2) is 0 Å². The standard InChI is InChI=1S/C12H12BrNS/c1-9(12-7-4-8-15-12)14-11-6-3-2-5-10(11)13/h2-9,14H,1H3/t9-/m0/s1. The molecular weight excluding hydrogens is 270 g/mol. The molecule has 0 aliphatic rings. The van der Waals surface area contributed by atoms with Gasteiger partial charge in [-0.3, -0.25) is 0 Å². The first-order valence-corrected chi connectivity index (χ1v) is 6.49. The maximum Gasteiger partial charge on any atom is 0.0578 e. The zero-order chi connectivity index (χ0) is 10.7. The highest BCUT2D eigenvalue weighted by atomic mass is 79.9. The van der Waals surface area contributed by atoms with E-state index >= 15 is 0 Å². The average molecular weight is 282 g/mol. The molecule has 0 aliphatic heterocycles. The van der Waals surface area contributed by atoms with Crippen molar-refractivity contribution in [2.24, 2.45) is 0 Å². The van der Waals surface area contributed by atoms with Gasteiger partial charge >= 0.3 is 0 Å². The Labute approximate surface area is 102 Å². The fourth-order valence-corrected chi connectivity index (χ4v) is 2.55. The van der Waals surface area contributed by atoms with Crippen LogP contribution in [0.5, 0.6) is 0 Å². The highest BCUT2D eigenvalue weighted by Crippen LogP contribution is 2.27. The minimum Gasteiger partial charge on any atom is -0.377 e. The molecule has 78 valence electrons. The molecule has 2 aromatic rings. The molecule has 15 heavy (non-hydrogen) atoms. The Morgan fingerprint density at radius 1 is 1.20 bits per heavy atom. The van der Waals surface area contributed by atoms with E-state index in [-0.39, 0.29) is 0 Å². The SMILES string of the molecule is C[C@H](Nc1ccccc1Br)c1cccs1. The van der Waals surface area contributed by atoms with Crippen LogP contribution in [0.1, 0.15) is 17.8 Å². The molecule has 1 atom stereocenters. The van der Waals surface area contributed by atoms with Gasteiger partial charge in [0.25, 0.3) is 0 Å². The molecule has 1 aromatic heterocycles. The van der Waals surface area contributed by atoms with Crippen LogP contribution in [0.15, 0.2) is 46.3 Å². The maximum atomic E-state index is 3.53. The average Bonchev–Trinajstić information content (AvgIpc) is 2.74. The molecule has 0 amide bonds. The van der Waals surface area contributed by atoms with E-state index < -0.39 is 0 Å². The van der Waals surface area contributed by atoms with Crippen LogP contribution in [-0.2, 0) is 0 Å². The van der Waals surface area contributed by atoms with Gasteiger partial charge in [0.2, 0.25) is 0 Å². The summed E-state index contributed by atoms with van der Waals surface area (Å²) in [5, 5.41) is 5.58. The first-order valence-electron chi connectivity index (χ1n) is 4.82. The van der Waals surface area contributed by atoms with E-state index in [0.717, 1.165) is 10.2 Å². The number of para-hydroxylation sites is 1. The highest BCUT2D eigenvalue weighted by Gasteiger charge is 2.07. The van der Waals surface area contributed by atoms with Crippen LogP contribution < -0.4 is 5.32 Å². The summed E-state index contributed by atoms with van der Waals surface area (Å²) in [6.07, 6.45) is 0. The summed E-state index contributed by atoms with van der Waals surface area (Å²) >= 11 is 5.31.